The van der Waals surface area contributed by atoms with Gasteiger partial charge in [-0.25, -0.2) is 0 Å². The van der Waals surface area contributed by atoms with E-state index in [0.717, 1.165) is 6.42 Å². The van der Waals surface area contributed by atoms with Crippen LogP contribution in [-0.2, 0) is 9.53 Å². The first-order valence-electron chi connectivity index (χ1n) is 4.64. The van der Waals surface area contributed by atoms with Crippen molar-refractivity contribution in [3.05, 3.63) is 12.7 Å². The minimum atomic E-state index is -0.302. The monoisotopic (exact) mass is 182 g/mol. The summed E-state index contributed by atoms with van der Waals surface area (Å²) >= 11 is 0. The van der Waals surface area contributed by atoms with Crippen molar-refractivity contribution in [3.63, 3.8) is 0 Å². The lowest BCUT2D eigenvalue weighted by Gasteiger charge is -2.15. The Morgan fingerprint density at radius 3 is 2.54 bits per heavy atom. The molecule has 0 aromatic heterocycles. The molecule has 0 aromatic rings. The molecule has 2 atom stereocenters. The third-order valence-corrected chi connectivity index (χ3v) is 2.41. The molecule has 74 valence electrons. The standard InChI is InChI=1S/C11H18O2/c1-6-7-11(5)9(13-11)8(12)10(2,3)4/h6,9H,1,7H2,2-5H3. The first-order chi connectivity index (χ1) is 5.81. The van der Waals surface area contributed by atoms with Crippen molar-refractivity contribution in [2.45, 2.75) is 45.8 Å². The molecule has 0 bridgehead atoms. The highest BCUT2D eigenvalue weighted by Crippen LogP contribution is 2.43. The summed E-state index contributed by atoms with van der Waals surface area (Å²) in [6.07, 6.45) is 2.33. The highest BCUT2D eigenvalue weighted by molar-refractivity contribution is 5.91. The average Bonchev–Trinajstić information content (AvgIpc) is 2.59. The van der Waals surface area contributed by atoms with E-state index >= 15 is 0 Å². The van der Waals surface area contributed by atoms with Crippen LogP contribution in [0.15, 0.2) is 12.7 Å². The molecule has 0 amide bonds. The van der Waals surface area contributed by atoms with E-state index in [1.54, 1.807) is 6.08 Å². The molecular formula is C11H18O2. The van der Waals surface area contributed by atoms with Crippen LogP contribution in [0.25, 0.3) is 0 Å². The molecule has 1 aliphatic rings. The molecule has 0 N–H and O–H groups in total. The van der Waals surface area contributed by atoms with Crippen molar-refractivity contribution in [1.82, 2.24) is 0 Å². The van der Waals surface area contributed by atoms with Gasteiger partial charge in [0, 0.05) is 5.41 Å². The maximum atomic E-state index is 11.8. The van der Waals surface area contributed by atoms with Crippen LogP contribution in [0.2, 0.25) is 0 Å². The van der Waals surface area contributed by atoms with E-state index < -0.39 is 0 Å². The molecule has 1 heterocycles. The van der Waals surface area contributed by atoms with E-state index in [2.05, 4.69) is 6.58 Å². The van der Waals surface area contributed by atoms with Crippen molar-refractivity contribution in [3.8, 4) is 0 Å². The fourth-order valence-electron chi connectivity index (χ4n) is 1.40. The van der Waals surface area contributed by atoms with Gasteiger partial charge in [-0.2, -0.15) is 0 Å². The minimum absolute atomic E-state index is 0.192. The molecule has 1 saturated heterocycles. The maximum Gasteiger partial charge on any atom is 0.169 e. The smallest absolute Gasteiger partial charge is 0.169 e. The van der Waals surface area contributed by atoms with Crippen molar-refractivity contribution in [2.24, 2.45) is 5.41 Å². The molecule has 1 aliphatic heterocycles. The number of ether oxygens (including phenoxy) is 1. The van der Waals surface area contributed by atoms with Crippen LogP contribution in [0.5, 0.6) is 0 Å². The minimum Gasteiger partial charge on any atom is -0.358 e. The number of carbonyl (C=O) groups is 1. The van der Waals surface area contributed by atoms with Crippen LogP contribution in [0.1, 0.15) is 34.1 Å². The third kappa shape index (κ3) is 1.99. The van der Waals surface area contributed by atoms with Gasteiger partial charge in [-0.15, -0.1) is 6.58 Å². The van der Waals surface area contributed by atoms with E-state index in [0.29, 0.717) is 0 Å². The molecule has 0 spiro atoms. The lowest BCUT2D eigenvalue weighted by Crippen LogP contribution is -2.29. The Labute approximate surface area is 80.0 Å². The van der Waals surface area contributed by atoms with Crippen LogP contribution in [0.4, 0.5) is 0 Å². The Kier molecular flexibility index (Phi) is 2.37. The Morgan fingerprint density at radius 2 is 2.15 bits per heavy atom. The first-order valence-corrected chi connectivity index (χ1v) is 4.64. The van der Waals surface area contributed by atoms with Crippen molar-refractivity contribution in [2.75, 3.05) is 0 Å². The molecule has 0 aliphatic carbocycles. The van der Waals surface area contributed by atoms with Gasteiger partial charge in [0.1, 0.15) is 11.7 Å². The van der Waals surface area contributed by atoms with E-state index in [-0.39, 0.29) is 22.9 Å². The number of epoxide rings is 1. The summed E-state index contributed by atoms with van der Waals surface area (Å²) in [4.78, 5) is 11.8. The number of carbonyl (C=O) groups excluding carboxylic acids is 1. The summed E-state index contributed by atoms with van der Waals surface area (Å²) in [7, 11) is 0. The Balaban J connectivity index is 2.60. The van der Waals surface area contributed by atoms with Crippen LogP contribution < -0.4 is 0 Å². The van der Waals surface area contributed by atoms with Crippen LogP contribution in [0, 0.1) is 5.41 Å². The van der Waals surface area contributed by atoms with Gasteiger partial charge in [-0.1, -0.05) is 26.8 Å². The van der Waals surface area contributed by atoms with Crippen molar-refractivity contribution < 1.29 is 9.53 Å². The first kappa shape index (κ1) is 10.5. The van der Waals surface area contributed by atoms with Crippen LogP contribution in [0.3, 0.4) is 0 Å². The molecule has 0 radical (unpaired) electrons. The highest BCUT2D eigenvalue weighted by atomic mass is 16.6. The topological polar surface area (TPSA) is 29.6 Å². The number of hydrogen-bond acceptors (Lipinski definition) is 2. The van der Waals surface area contributed by atoms with Crippen molar-refractivity contribution in [1.29, 1.82) is 0 Å². The second-order valence-corrected chi connectivity index (χ2v) is 4.92. The van der Waals surface area contributed by atoms with E-state index in [4.69, 9.17) is 4.74 Å². The lowest BCUT2D eigenvalue weighted by atomic mass is 9.85. The van der Waals surface area contributed by atoms with Gasteiger partial charge in [-0.3, -0.25) is 4.79 Å². The zero-order valence-electron chi connectivity index (χ0n) is 8.89. The summed E-state index contributed by atoms with van der Waals surface area (Å²) in [5.74, 6) is 0.192. The number of rotatable bonds is 3. The van der Waals surface area contributed by atoms with Gasteiger partial charge in [0.15, 0.2) is 5.78 Å². The van der Waals surface area contributed by atoms with E-state index in [9.17, 15) is 4.79 Å². The zero-order chi connectivity index (χ0) is 10.3. The maximum absolute atomic E-state index is 11.8. The average molecular weight is 182 g/mol. The summed E-state index contributed by atoms with van der Waals surface area (Å²) in [6, 6.07) is 0. The normalized spacial score (nSPS) is 32.8. The fraction of sp³-hybridized carbons (Fsp3) is 0.727. The fourth-order valence-corrected chi connectivity index (χ4v) is 1.40. The zero-order valence-corrected chi connectivity index (χ0v) is 8.89. The SMILES string of the molecule is C=CCC1(C)OC1C(=O)C(C)(C)C. The third-order valence-electron chi connectivity index (χ3n) is 2.41. The lowest BCUT2D eigenvalue weighted by molar-refractivity contribution is -0.127. The quantitative estimate of drug-likeness (QED) is 0.495. The van der Waals surface area contributed by atoms with Gasteiger partial charge < -0.3 is 4.74 Å². The summed E-state index contributed by atoms with van der Waals surface area (Å²) in [5.41, 5.74) is -0.574. The molecule has 13 heavy (non-hydrogen) atoms. The van der Waals surface area contributed by atoms with Gasteiger partial charge in [-0.05, 0) is 13.3 Å². The van der Waals surface area contributed by atoms with Gasteiger partial charge >= 0.3 is 0 Å². The van der Waals surface area contributed by atoms with Crippen molar-refractivity contribution >= 4 is 5.78 Å². The summed E-state index contributed by atoms with van der Waals surface area (Å²) in [5, 5.41) is 0. The van der Waals surface area contributed by atoms with Gasteiger partial charge in [0.25, 0.3) is 0 Å². The summed E-state index contributed by atoms with van der Waals surface area (Å²) < 4.78 is 5.41. The van der Waals surface area contributed by atoms with Gasteiger partial charge in [0.05, 0.1) is 0 Å². The van der Waals surface area contributed by atoms with E-state index in [1.807, 2.05) is 27.7 Å². The number of Topliss-reactive ketones (excluding diaryl/α,β-unsaturated/α-hetero) is 1. The largest absolute Gasteiger partial charge is 0.358 e. The van der Waals surface area contributed by atoms with Crippen LogP contribution >= 0.6 is 0 Å². The Bertz CT molecular complexity index is 237. The second-order valence-electron chi connectivity index (χ2n) is 4.92. The molecule has 2 nitrogen and oxygen atoms in total. The molecule has 0 aromatic carbocycles. The Hall–Kier alpha value is -0.630. The molecule has 2 heteroatoms. The summed E-state index contributed by atoms with van der Waals surface area (Å²) in [6.45, 7) is 11.4. The predicted molar refractivity (Wildman–Crippen MR) is 52.6 cm³/mol. The highest BCUT2D eigenvalue weighted by Gasteiger charge is 2.57. The van der Waals surface area contributed by atoms with Crippen LogP contribution in [-0.4, -0.2) is 17.5 Å². The number of ketones is 1. The molecular weight excluding hydrogens is 164 g/mol. The van der Waals surface area contributed by atoms with Gasteiger partial charge in [0.2, 0.25) is 0 Å². The number of hydrogen-bond donors (Lipinski definition) is 0. The Morgan fingerprint density at radius 1 is 1.62 bits per heavy atom. The molecule has 0 saturated carbocycles. The molecule has 1 rings (SSSR count). The predicted octanol–water partition coefficient (Wildman–Crippen LogP) is 2.34. The van der Waals surface area contributed by atoms with E-state index in [1.165, 1.54) is 0 Å². The second kappa shape index (κ2) is 2.95. The molecule has 2 unspecified atom stereocenters. The molecule has 1 fully saturated rings.